The number of imidazole rings is 1. The number of carboxylic acids is 1. The second kappa shape index (κ2) is 5.34. The van der Waals surface area contributed by atoms with E-state index in [4.69, 9.17) is 9.52 Å². The molecule has 2 rings (SSSR count). The fourth-order valence-electron chi connectivity index (χ4n) is 1.56. The van der Waals surface area contributed by atoms with Crippen LogP contribution < -0.4 is 5.32 Å². The van der Waals surface area contributed by atoms with Crippen molar-refractivity contribution in [3.8, 4) is 0 Å². The van der Waals surface area contributed by atoms with Crippen LogP contribution >= 0.6 is 0 Å². The molecular formula is C11H12N4O4. The maximum absolute atomic E-state index is 11.8. The van der Waals surface area contributed by atoms with Crippen molar-refractivity contribution >= 4 is 11.9 Å². The molecule has 0 saturated carbocycles. The molecule has 2 aromatic rings. The van der Waals surface area contributed by atoms with Crippen molar-refractivity contribution in [3.05, 3.63) is 36.1 Å². The van der Waals surface area contributed by atoms with E-state index < -0.39 is 17.9 Å². The number of nitrogens with one attached hydrogen (secondary N) is 2. The number of oxazole rings is 1. The Balaban J connectivity index is 2.07. The smallest absolute Gasteiger partial charge is 0.326 e. The molecule has 2 heterocycles. The predicted octanol–water partition coefficient (Wildman–Crippen LogP) is 0.132. The topological polar surface area (TPSA) is 121 Å². The summed E-state index contributed by atoms with van der Waals surface area (Å²) in [6, 6.07) is -1.07. The van der Waals surface area contributed by atoms with Gasteiger partial charge in [0.05, 0.1) is 12.0 Å². The van der Waals surface area contributed by atoms with Crippen LogP contribution in [-0.4, -0.2) is 38.0 Å². The van der Waals surface area contributed by atoms with E-state index >= 15 is 0 Å². The maximum Gasteiger partial charge on any atom is 0.326 e. The first kappa shape index (κ1) is 12.8. The summed E-state index contributed by atoms with van der Waals surface area (Å²) in [7, 11) is 0. The molecule has 1 atom stereocenters. The molecule has 0 radical (unpaired) electrons. The lowest BCUT2D eigenvalue weighted by atomic mass is 10.1. The zero-order chi connectivity index (χ0) is 13.8. The Bertz CT molecular complexity index is 575. The number of rotatable bonds is 5. The highest BCUT2D eigenvalue weighted by atomic mass is 16.4. The molecule has 0 aliphatic heterocycles. The Morgan fingerprint density at radius 1 is 1.58 bits per heavy atom. The number of carbonyl (C=O) groups excluding carboxylic acids is 1. The number of nitrogens with zero attached hydrogens (tertiary/aromatic N) is 2. The van der Waals surface area contributed by atoms with Gasteiger partial charge in [-0.2, -0.15) is 0 Å². The molecule has 8 nitrogen and oxygen atoms in total. The lowest BCUT2D eigenvalue weighted by molar-refractivity contribution is -0.139. The lowest BCUT2D eigenvalue weighted by Gasteiger charge is -2.12. The Kier molecular flexibility index (Phi) is 3.60. The van der Waals surface area contributed by atoms with Gasteiger partial charge in [-0.1, -0.05) is 0 Å². The Morgan fingerprint density at radius 3 is 2.89 bits per heavy atom. The monoisotopic (exact) mass is 264 g/mol. The van der Waals surface area contributed by atoms with Crippen LogP contribution in [0.3, 0.4) is 0 Å². The van der Waals surface area contributed by atoms with Gasteiger partial charge in [0.15, 0.2) is 6.39 Å². The van der Waals surface area contributed by atoms with Crippen molar-refractivity contribution < 1.29 is 19.1 Å². The van der Waals surface area contributed by atoms with Crippen molar-refractivity contribution in [2.45, 2.75) is 19.4 Å². The summed E-state index contributed by atoms with van der Waals surface area (Å²) in [4.78, 5) is 33.3. The number of hydrogen-bond donors (Lipinski definition) is 3. The Hall–Kier alpha value is -2.64. The van der Waals surface area contributed by atoms with Crippen molar-refractivity contribution in [2.75, 3.05) is 0 Å². The molecular weight excluding hydrogens is 252 g/mol. The van der Waals surface area contributed by atoms with Crippen LogP contribution in [0, 0.1) is 6.92 Å². The minimum atomic E-state index is -1.14. The van der Waals surface area contributed by atoms with Gasteiger partial charge in [-0.15, -0.1) is 0 Å². The van der Waals surface area contributed by atoms with Crippen LogP contribution in [0.2, 0.25) is 0 Å². The molecule has 0 aromatic carbocycles. The summed E-state index contributed by atoms with van der Waals surface area (Å²) in [6.07, 6.45) is 4.18. The molecule has 0 spiro atoms. The number of H-pyrrole nitrogens is 1. The third kappa shape index (κ3) is 2.97. The van der Waals surface area contributed by atoms with E-state index in [-0.39, 0.29) is 12.2 Å². The van der Waals surface area contributed by atoms with Gasteiger partial charge in [0.2, 0.25) is 5.76 Å². The highest BCUT2D eigenvalue weighted by molar-refractivity contribution is 5.95. The van der Waals surface area contributed by atoms with E-state index in [0.29, 0.717) is 11.4 Å². The largest absolute Gasteiger partial charge is 0.480 e. The molecule has 2 aromatic heterocycles. The zero-order valence-corrected chi connectivity index (χ0v) is 10.1. The summed E-state index contributed by atoms with van der Waals surface area (Å²) >= 11 is 0. The average molecular weight is 264 g/mol. The van der Waals surface area contributed by atoms with Gasteiger partial charge in [0.25, 0.3) is 5.91 Å². The Labute approximate surface area is 107 Å². The fourth-order valence-corrected chi connectivity index (χ4v) is 1.56. The number of aryl methyl sites for hydroxylation is 1. The molecule has 0 aliphatic carbocycles. The summed E-state index contributed by atoms with van der Waals surface area (Å²) < 4.78 is 4.91. The van der Waals surface area contributed by atoms with Crippen LogP contribution in [0.1, 0.15) is 21.9 Å². The normalized spacial score (nSPS) is 12.1. The van der Waals surface area contributed by atoms with Gasteiger partial charge in [-0.3, -0.25) is 4.79 Å². The van der Waals surface area contributed by atoms with Crippen LogP contribution in [0.5, 0.6) is 0 Å². The first-order valence-electron chi connectivity index (χ1n) is 5.49. The number of hydrogen-bond acceptors (Lipinski definition) is 5. The number of aromatic nitrogens is 3. The summed E-state index contributed by atoms with van der Waals surface area (Å²) in [5, 5.41) is 11.5. The van der Waals surface area contributed by atoms with Gasteiger partial charge in [-0.25, -0.2) is 14.8 Å². The fraction of sp³-hybridized carbons (Fsp3) is 0.273. The first-order valence-corrected chi connectivity index (χ1v) is 5.49. The third-order valence-electron chi connectivity index (χ3n) is 2.53. The number of carboxylic acid groups (broad SMARTS) is 1. The number of carbonyl (C=O) groups is 2. The predicted molar refractivity (Wildman–Crippen MR) is 62.4 cm³/mol. The minimum absolute atomic E-state index is 0.0101. The quantitative estimate of drug-likeness (QED) is 0.705. The Morgan fingerprint density at radius 2 is 2.37 bits per heavy atom. The van der Waals surface area contributed by atoms with E-state index in [2.05, 4.69) is 20.3 Å². The summed E-state index contributed by atoms with van der Waals surface area (Å²) in [5.74, 6) is -1.74. The van der Waals surface area contributed by atoms with E-state index in [9.17, 15) is 9.59 Å². The number of aliphatic carboxylic acids is 1. The molecule has 0 aliphatic rings. The van der Waals surface area contributed by atoms with E-state index in [0.717, 1.165) is 6.39 Å². The number of aromatic amines is 1. The first-order chi connectivity index (χ1) is 9.08. The van der Waals surface area contributed by atoms with Gasteiger partial charge in [-0.05, 0) is 6.92 Å². The summed E-state index contributed by atoms with van der Waals surface area (Å²) in [6.45, 7) is 1.60. The molecule has 0 bridgehead atoms. The second-order valence-electron chi connectivity index (χ2n) is 3.91. The van der Waals surface area contributed by atoms with Crippen LogP contribution in [0.4, 0.5) is 0 Å². The van der Waals surface area contributed by atoms with E-state index in [1.165, 1.54) is 12.5 Å². The van der Waals surface area contributed by atoms with E-state index in [1.807, 2.05) is 0 Å². The maximum atomic E-state index is 11.8. The molecule has 0 saturated heterocycles. The van der Waals surface area contributed by atoms with Crippen molar-refractivity contribution in [1.29, 1.82) is 0 Å². The molecule has 0 fully saturated rings. The zero-order valence-electron chi connectivity index (χ0n) is 10.1. The molecule has 0 unspecified atom stereocenters. The lowest BCUT2D eigenvalue weighted by Crippen LogP contribution is -2.42. The van der Waals surface area contributed by atoms with Gasteiger partial charge in [0.1, 0.15) is 6.04 Å². The molecule has 19 heavy (non-hydrogen) atoms. The number of amides is 1. The van der Waals surface area contributed by atoms with Crippen LogP contribution in [-0.2, 0) is 11.2 Å². The minimum Gasteiger partial charge on any atom is -0.480 e. The average Bonchev–Trinajstić information content (AvgIpc) is 2.99. The van der Waals surface area contributed by atoms with Crippen LogP contribution in [0.15, 0.2) is 23.3 Å². The van der Waals surface area contributed by atoms with Crippen molar-refractivity contribution in [2.24, 2.45) is 0 Å². The molecule has 1 amide bonds. The van der Waals surface area contributed by atoms with E-state index in [1.54, 1.807) is 6.92 Å². The highest BCUT2D eigenvalue weighted by Gasteiger charge is 2.24. The standard InChI is InChI=1S/C11H12N4O4/c1-6-9(19-5-14-6)10(16)15-8(11(17)18)2-7-3-12-4-13-7/h3-5,8H,2H2,1H3,(H,12,13)(H,15,16)(H,17,18)/t8-/m0/s1. The molecule has 100 valence electrons. The SMILES string of the molecule is Cc1ncoc1C(=O)N[C@@H](Cc1cnc[nH]1)C(=O)O. The third-order valence-corrected chi connectivity index (χ3v) is 2.53. The van der Waals surface area contributed by atoms with Crippen molar-refractivity contribution in [3.63, 3.8) is 0 Å². The van der Waals surface area contributed by atoms with Crippen LogP contribution in [0.25, 0.3) is 0 Å². The van der Waals surface area contributed by atoms with Crippen molar-refractivity contribution in [1.82, 2.24) is 20.3 Å². The highest BCUT2D eigenvalue weighted by Crippen LogP contribution is 2.06. The summed E-state index contributed by atoms with van der Waals surface area (Å²) in [5.41, 5.74) is 1.02. The molecule has 8 heteroatoms. The molecule has 3 N–H and O–H groups in total. The van der Waals surface area contributed by atoms with Gasteiger partial charge in [0, 0.05) is 18.3 Å². The van der Waals surface area contributed by atoms with Gasteiger partial charge < -0.3 is 19.8 Å². The van der Waals surface area contributed by atoms with Gasteiger partial charge >= 0.3 is 5.97 Å². The second-order valence-corrected chi connectivity index (χ2v) is 3.91.